The number of carbonyl (C=O) groups is 1. The summed E-state index contributed by atoms with van der Waals surface area (Å²) in [6.07, 6.45) is -3.93. The summed E-state index contributed by atoms with van der Waals surface area (Å²) in [5, 5.41) is 4.21. The molecule has 7 nitrogen and oxygen atoms in total. The van der Waals surface area contributed by atoms with Crippen LogP contribution in [0.4, 0.5) is 18.0 Å². The summed E-state index contributed by atoms with van der Waals surface area (Å²) in [6, 6.07) is -0.448. The van der Waals surface area contributed by atoms with E-state index in [0.29, 0.717) is 19.4 Å². The van der Waals surface area contributed by atoms with Gasteiger partial charge in [-0.2, -0.15) is 18.3 Å². The quantitative estimate of drug-likeness (QED) is 0.642. The van der Waals surface area contributed by atoms with Crippen molar-refractivity contribution in [3.05, 3.63) is 11.4 Å². The van der Waals surface area contributed by atoms with E-state index < -0.39 is 47.9 Å². The number of amides is 1. The molecule has 2 fully saturated rings. The van der Waals surface area contributed by atoms with E-state index >= 15 is 0 Å². The molecular formula is C21H33BF3N3O4. The highest BCUT2D eigenvalue weighted by Gasteiger charge is 2.55. The third kappa shape index (κ3) is 4.78. The molecule has 1 aromatic rings. The predicted octanol–water partition coefficient (Wildman–Crippen LogP) is 3.91. The van der Waals surface area contributed by atoms with Crippen molar-refractivity contribution in [2.24, 2.45) is 0 Å². The highest BCUT2D eigenvalue weighted by Crippen LogP contribution is 2.39. The summed E-state index contributed by atoms with van der Waals surface area (Å²) in [5.74, 6) is 0. The van der Waals surface area contributed by atoms with Crippen molar-refractivity contribution in [3.8, 4) is 0 Å². The van der Waals surface area contributed by atoms with Gasteiger partial charge in [0.25, 0.3) is 0 Å². The van der Waals surface area contributed by atoms with Gasteiger partial charge >= 0.3 is 19.4 Å². The van der Waals surface area contributed by atoms with E-state index in [1.807, 2.05) is 0 Å². The molecule has 0 saturated carbocycles. The van der Waals surface area contributed by atoms with Crippen LogP contribution < -0.4 is 5.46 Å². The number of aryl methyl sites for hydroxylation is 1. The first kappa shape index (κ1) is 24.9. The molecule has 2 aliphatic heterocycles. The van der Waals surface area contributed by atoms with Crippen LogP contribution >= 0.6 is 0 Å². The average molecular weight is 459 g/mol. The van der Waals surface area contributed by atoms with E-state index in [2.05, 4.69) is 5.10 Å². The topological polar surface area (TPSA) is 65.8 Å². The van der Waals surface area contributed by atoms with E-state index in [9.17, 15) is 18.0 Å². The second-order valence-corrected chi connectivity index (χ2v) is 10.6. The number of hydrogen-bond acceptors (Lipinski definition) is 5. The molecule has 32 heavy (non-hydrogen) atoms. The van der Waals surface area contributed by atoms with E-state index in [0.717, 1.165) is 4.68 Å². The van der Waals surface area contributed by atoms with Crippen LogP contribution in [0.15, 0.2) is 0 Å². The van der Waals surface area contributed by atoms with Gasteiger partial charge in [0.1, 0.15) is 11.3 Å². The fraction of sp³-hybridized carbons (Fsp3) is 0.810. The summed E-state index contributed by atoms with van der Waals surface area (Å²) < 4.78 is 60.9. The summed E-state index contributed by atoms with van der Waals surface area (Å²) in [4.78, 5) is 14.1. The van der Waals surface area contributed by atoms with Crippen LogP contribution in [0.25, 0.3) is 0 Å². The maximum absolute atomic E-state index is 14.2. The standard InChI is InChI=1S/C21H33BF3N3O4/c1-13-15(22-31-19(5,6)20(7,8)32-22)16(21(23,24)25)28(26-13)12-14-10-9-11-27(14)17(29)30-18(2,3)4/h14H,9-12H2,1-8H3/t14-/m0/s1. The fourth-order valence-corrected chi connectivity index (χ4v) is 4.06. The minimum atomic E-state index is -4.67. The Balaban J connectivity index is 1.93. The lowest BCUT2D eigenvalue weighted by molar-refractivity contribution is -0.143. The summed E-state index contributed by atoms with van der Waals surface area (Å²) in [5.41, 5.74) is -3.07. The first-order valence-corrected chi connectivity index (χ1v) is 10.9. The van der Waals surface area contributed by atoms with Gasteiger partial charge in [0.2, 0.25) is 0 Å². The van der Waals surface area contributed by atoms with Crippen molar-refractivity contribution in [2.75, 3.05) is 6.54 Å². The zero-order chi connectivity index (χ0) is 24.3. The molecule has 180 valence electrons. The molecule has 0 spiro atoms. The van der Waals surface area contributed by atoms with Crippen molar-refractivity contribution in [3.63, 3.8) is 0 Å². The monoisotopic (exact) mass is 459 g/mol. The van der Waals surface area contributed by atoms with Gasteiger partial charge in [-0.1, -0.05) is 0 Å². The minimum Gasteiger partial charge on any atom is -0.444 e. The molecule has 0 radical (unpaired) electrons. The van der Waals surface area contributed by atoms with Gasteiger partial charge in [0, 0.05) is 12.0 Å². The lowest BCUT2D eigenvalue weighted by Gasteiger charge is -2.32. The van der Waals surface area contributed by atoms with Crippen LogP contribution in [0.2, 0.25) is 0 Å². The molecular weight excluding hydrogens is 426 g/mol. The largest absolute Gasteiger partial charge is 0.498 e. The number of rotatable bonds is 3. The van der Waals surface area contributed by atoms with Crippen molar-refractivity contribution < 1.29 is 32.0 Å². The van der Waals surface area contributed by atoms with Gasteiger partial charge in [-0.05, 0) is 68.2 Å². The molecule has 3 heterocycles. The zero-order valence-electron chi connectivity index (χ0n) is 20.1. The van der Waals surface area contributed by atoms with Gasteiger partial charge in [-0.3, -0.25) is 4.68 Å². The van der Waals surface area contributed by atoms with E-state index in [-0.39, 0.29) is 17.7 Å². The van der Waals surface area contributed by atoms with Crippen LogP contribution in [-0.4, -0.2) is 57.3 Å². The number of aromatic nitrogens is 2. The first-order valence-electron chi connectivity index (χ1n) is 10.9. The van der Waals surface area contributed by atoms with E-state index in [1.54, 1.807) is 48.5 Å². The Morgan fingerprint density at radius 2 is 1.75 bits per heavy atom. The van der Waals surface area contributed by atoms with Crippen molar-refractivity contribution in [2.45, 2.75) is 104 Å². The lowest BCUT2D eigenvalue weighted by atomic mass is 9.77. The summed E-state index contributed by atoms with van der Waals surface area (Å²) in [6.45, 7) is 14.3. The molecule has 11 heteroatoms. The highest BCUT2D eigenvalue weighted by molar-refractivity contribution is 6.63. The molecule has 0 N–H and O–H groups in total. The molecule has 0 aromatic carbocycles. The van der Waals surface area contributed by atoms with E-state index in [1.165, 1.54) is 11.8 Å². The zero-order valence-corrected chi connectivity index (χ0v) is 20.1. The molecule has 3 rings (SSSR count). The van der Waals surface area contributed by atoms with Gasteiger partial charge in [-0.15, -0.1) is 0 Å². The number of alkyl halides is 3. The fourth-order valence-electron chi connectivity index (χ4n) is 4.06. The first-order chi connectivity index (χ1) is 14.4. The molecule has 1 aromatic heterocycles. The maximum Gasteiger partial charge on any atom is 0.498 e. The molecule has 0 aliphatic carbocycles. The molecule has 2 aliphatic rings. The number of halogens is 3. The second kappa shape index (κ2) is 7.93. The van der Waals surface area contributed by atoms with Crippen molar-refractivity contribution in [1.29, 1.82) is 0 Å². The summed E-state index contributed by atoms with van der Waals surface area (Å²) >= 11 is 0. The number of likely N-dealkylation sites (tertiary alicyclic amines) is 1. The van der Waals surface area contributed by atoms with Crippen LogP contribution in [0.1, 0.15) is 72.7 Å². The van der Waals surface area contributed by atoms with Crippen molar-refractivity contribution in [1.82, 2.24) is 14.7 Å². The highest BCUT2D eigenvalue weighted by atomic mass is 19.4. The third-order valence-electron chi connectivity index (χ3n) is 6.32. The van der Waals surface area contributed by atoms with E-state index in [4.69, 9.17) is 14.0 Å². The maximum atomic E-state index is 14.2. The SMILES string of the molecule is Cc1nn(C[C@@H]2CCCN2C(=O)OC(C)(C)C)c(C(F)(F)F)c1B1OC(C)(C)C(C)(C)O1. The van der Waals surface area contributed by atoms with Crippen LogP contribution in [0.5, 0.6) is 0 Å². The molecule has 1 atom stereocenters. The number of nitrogens with zero attached hydrogens (tertiary/aromatic N) is 3. The Morgan fingerprint density at radius 1 is 1.19 bits per heavy atom. The Labute approximate surface area is 187 Å². The van der Waals surface area contributed by atoms with Crippen LogP contribution in [-0.2, 0) is 26.8 Å². The Bertz CT molecular complexity index is 861. The third-order valence-corrected chi connectivity index (χ3v) is 6.32. The van der Waals surface area contributed by atoms with Crippen molar-refractivity contribution >= 4 is 18.7 Å². The van der Waals surface area contributed by atoms with Crippen LogP contribution in [0, 0.1) is 6.92 Å². The molecule has 1 amide bonds. The molecule has 0 bridgehead atoms. The Kier molecular flexibility index (Phi) is 6.17. The van der Waals surface area contributed by atoms with Crippen LogP contribution in [0.3, 0.4) is 0 Å². The smallest absolute Gasteiger partial charge is 0.444 e. The normalized spacial score (nSPS) is 23.2. The Hall–Kier alpha value is -1.75. The Morgan fingerprint density at radius 3 is 2.25 bits per heavy atom. The molecule has 2 saturated heterocycles. The lowest BCUT2D eigenvalue weighted by Crippen LogP contribution is -2.43. The minimum absolute atomic E-state index is 0.0889. The van der Waals surface area contributed by atoms with Gasteiger partial charge < -0.3 is 18.9 Å². The van der Waals surface area contributed by atoms with Gasteiger partial charge in [0.05, 0.1) is 29.5 Å². The van der Waals surface area contributed by atoms with Gasteiger partial charge in [0.15, 0.2) is 0 Å². The second-order valence-electron chi connectivity index (χ2n) is 10.6. The number of hydrogen-bond donors (Lipinski definition) is 0. The average Bonchev–Trinajstić information content (AvgIpc) is 3.21. The summed E-state index contributed by atoms with van der Waals surface area (Å²) in [7, 11) is -1.18. The number of ether oxygens (including phenoxy) is 1. The van der Waals surface area contributed by atoms with Gasteiger partial charge in [-0.25, -0.2) is 4.79 Å². The number of carbonyl (C=O) groups excluding carboxylic acids is 1. The molecule has 0 unspecified atom stereocenters. The predicted molar refractivity (Wildman–Crippen MR) is 114 cm³/mol.